The van der Waals surface area contributed by atoms with Crippen molar-refractivity contribution in [3.63, 3.8) is 0 Å². The molecule has 2 aromatic rings. The van der Waals surface area contributed by atoms with Crippen LogP contribution in [-0.4, -0.2) is 43.8 Å². The molecule has 0 aromatic heterocycles. The lowest BCUT2D eigenvalue weighted by molar-refractivity contribution is 0.181. The van der Waals surface area contributed by atoms with Gasteiger partial charge in [-0.2, -0.15) is 4.31 Å². The third kappa shape index (κ3) is 4.12. The Morgan fingerprint density at radius 3 is 2.44 bits per heavy atom. The molecule has 1 fully saturated rings. The number of rotatable bonds is 4. The maximum absolute atomic E-state index is 13.3. The van der Waals surface area contributed by atoms with Crippen LogP contribution < -0.4 is 5.73 Å². The second-order valence-corrected chi connectivity index (χ2v) is 8.35. The minimum atomic E-state index is -3.67. The van der Waals surface area contributed by atoms with Crippen molar-refractivity contribution in [2.24, 2.45) is 0 Å². The van der Waals surface area contributed by atoms with E-state index in [0.29, 0.717) is 31.9 Å². The van der Waals surface area contributed by atoms with E-state index in [1.165, 1.54) is 10.4 Å². The second kappa shape index (κ2) is 7.29. The summed E-state index contributed by atoms with van der Waals surface area (Å²) in [6.07, 6.45) is 0. The minimum absolute atomic E-state index is 0.0168. The Kier molecular flexibility index (Phi) is 5.29. The molecule has 1 aliphatic heterocycles. The van der Waals surface area contributed by atoms with Crippen molar-refractivity contribution in [1.82, 2.24) is 9.21 Å². The van der Waals surface area contributed by atoms with Crippen LogP contribution in [0.2, 0.25) is 5.02 Å². The molecule has 0 saturated carbocycles. The third-order valence-electron chi connectivity index (χ3n) is 4.22. The van der Waals surface area contributed by atoms with Crippen LogP contribution in [0.15, 0.2) is 47.4 Å². The van der Waals surface area contributed by atoms with E-state index < -0.39 is 15.8 Å². The van der Waals surface area contributed by atoms with Gasteiger partial charge >= 0.3 is 0 Å². The van der Waals surface area contributed by atoms with Gasteiger partial charge < -0.3 is 5.73 Å². The van der Waals surface area contributed by atoms with Gasteiger partial charge in [-0.05, 0) is 35.9 Å². The zero-order chi connectivity index (χ0) is 18.0. The van der Waals surface area contributed by atoms with Crippen molar-refractivity contribution >= 4 is 27.3 Å². The summed E-state index contributed by atoms with van der Waals surface area (Å²) in [4.78, 5) is 2.20. The standard InChI is InChI=1S/C17H19ClFN3O2S/c18-16-11-15(4-5-17(16)19)25(23,24)22-8-6-21(7-9-22)12-13-2-1-3-14(20)10-13/h1-5,10-11H,6-9,12,20H2. The quantitative estimate of drug-likeness (QED) is 0.824. The summed E-state index contributed by atoms with van der Waals surface area (Å²) < 4.78 is 40.0. The number of nitrogen functional groups attached to an aromatic ring is 1. The lowest BCUT2D eigenvalue weighted by Crippen LogP contribution is -2.48. The fraction of sp³-hybridized carbons (Fsp3) is 0.294. The number of hydrogen-bond donors (Lipinski definition) is 1. The number of anilines is 1. The van der Waals surface area contributed by atoms with Gasteiger partial charge in [0.15, 0.2) is 0 Å². The van der Waals surface area contributed by atoms with Crippen LogP contribution in [0, 0.1) is 5.82 Å². The van der Waals surface area contributed by atoms with E-state index in [4.69, 9.17) is 17.3 Å². The first-order chi connectivity index (χ1) is 11.9. The van der Waals surface area contributed by atoms with Gasteiger partial charge in [0.25, 0.3) is 0 Å². The summed E-state index contributed by atoms with van der Waals surface area (Å²) in [6, 6.07) is 11.1. The number of piperazine rings is 1. The molecule has 0 bridgehead atoms. The van der Waals surface area contributed by atoms with Crippen LogP contribution in [0.5, 0.6) is 0 Å². The van der Waals surface area contributed by atoms with Crippen LogP contribution in [0.3, 0.4) is 0 Å². The highest BCUT2D eigenvalue weighted by Gasteiger charge is 2.29. The molecule has 0 aliphatic carbocycles. The first-order valence-electron chi connectivity index (χ1n) is 7.88. The van der Waals surface area contributed by atoms with Crippen molar-refractivity contribution in [1.29, 1.82) is 0 Å². The fourth-order valence-corrected chi connectivity index (χ4v) is 4.56. The topological polar surface area (TPSA) is 66.6 Å². The van der Waals surface area contributed by atoms with Gasteiger partial charge in [0.2, 0.25) is 10.0 Å². The summed E-state index contributed by atoms with van der Waals surface area (Å²) in [5, 5.41) is -0.193. The highest BCUT2D eigenvalue weighted by Crippen LogP contribution is 2.23. The number of nitrogens with two attached hydrogens (primary N) is 1. The molecule has 1 heterocycles. The first-order valence-corrected chi connectivity index (χ1v) is 9.70. The van der Waals surface area contributed by atoms with Gasteiger partial charge in [0.05, 0.1) is 9.92 Å². The molecule has 0 spiro atoms. The lowest BCUT2D eigenvalue weighted by atomic mass is 10.2. The predicted octanol–water partition coefficient (Wildman–Crippen LogP) is 2.57. The van der Waals surface area contributed by atoms with E-state index >= 15 is 0 Å². The molecule has 0 radical (unpaired) electrons. The van der Waals surface area contributed by atoms with E-state index in [9.17, 15) is 12.8 Å². The lowest BCUT2D eigenvalue weighted by Gasteiger charge is -2.34. The maximum atomic E-state index is 13.3. The van der Waals surface area contributed by atoms with Crippen LogP contribution in [0.1, 0.15) is 5.56 Å². The van der Waals surface area contributed by atoms with Crippen molar-refractivity contribution in [2.45, 2.75) is 11.4 Å². The van der Waals surface area contributed by atoms with Crippen molar-refractivity contribution in [2.75, 3.05) is 31.9 Å². The molecule has 2 N–H and O–H groups in total. The molecule has 3 rings (SSSR count). The van der Waals surface area contributed by atoms with Gasteiger partial charge in [0, 0.05) is 38.4 Å². The smallest absolute Gasteiger partial charge is 0.243 e. The van der Waals surface area contributed by atoms with Gasteiger partial charge in [-0.15, -0.1) is 0 Å². The SMILES string of the molecule is Nc1cccc(CN2CCN(S(=O)(=O)c3ccc(F)c(Cl)c3)CC2)c1. The third-order valence-corrected chi connectivity index (χ3v) is 6.40. The summed E-state index contributed by atoms with van der Waals surface area (Å²) >= 11 is 5.71. The summed E-state index contributed by atoms with van der Waals surface area (Å²) in [5.41, 5.74) is 7.60. The summed E-state index contributed by atoms with van der Waals surface area (Å²) in [7, 11) is -3.67. The highest BCUT2D eigenvalue weighted by atomic mass is 35.5. The Balaban J connectivity index is 1.66. The van der Waals surface area contributed by atoms with Crippen molar-refractivity contribution in [3.05, 3.63) is 58.9 Å². The van der Waals surface area contributed by atoms with Gasteiger partial charge in [0.1, 0.15) is 5.82 Å². The molecule has 8 heteroatoms. The zero-order valence-electron chi connectivity index (χ0n) is 13.5. The molecule has 0 amide bonds. The van der Waals surface area contributed by atoms with Crippen LogP contribution in [-0.2, 0) is 16.6 Å². The molecule has 134 valence electrons. The minimum Gasteiger partial charge on any atom is -0.399 e. The number of benzene rings is 2. The molecule has 2 aromatic carbocycles. The highest BCUT2D eigenvalue weighted by molar-refractivity contribution is 7.89. The first kappa shape index (κ1) is 18.1. The number of hydrogen-bond acceptors (Lipinski definition) is 4. The van der Waals surface area contributed by atoms with Crippen LogP contribution in [0.4, 0.5) is 10.1 Å². The van der Waals surface area contributed by atoms with E-state index in [1.54, 1.807) is 0 Å². The Morgan fingerprint density at radius 2 is 1.80 bits per heavy atom. The van der Waals surface area contributed by atoms with E-state index in [1.807, 2.05) is 24.3 Å². The average molecular weight is 384 g/mol. The molecular weight excluding hydrogens is 365 g/mol. The number of halogens is 2. The number of nitrogens with zero attached hydrogens (tertiary/aromatic N) is 2. The zero-order valence-corrected chi connectivity index (χ0v) is 15.1. The normalized spacial score (nSPS) is 16.9. The van der Waals surface area contributed by atoms with Gasteiger partial charge in [-0.1, -0.05) is 23.7 Å². The summed E-state index contributed by atoms with van der Waals surface area (Å²) in [5.74, 6) is -0.632. The van der Waals surface area contributed by atoms with E-state index in [0.717, 1.165) is 24.2 Å². The monoisotopic (exact) mass is 383 g/mol. The predicted molar refractivity (Wildman–Crippen MR) is 96.3 cm³/mol. The summed E-state index contributed by atoms with van der Waals surface area (Å²) in [6.45, 7) is 2.70. The van der Waals surface area contributed by atoms with E-state index in [2.05, 4.69) is 4.90 Å². The molecule has 25 heavy (non-hydrogen) atoms. The Bertz CT molecular complexity index is 868. The van der Waals surface area contributed by atoms with Gasteiger partial charge in [-0.25, -0.2) is 12.8 Å². The Morgan fingerprint density at radius 1 is 1.08 bits per heavy atom. The molecule has 0 atom stereocenters. The van der Waals surface area contributed by atoms with Crippen LogP contribution in [0.25, 0.3) is 0 Å². The molecule has 5 nitrogen and oxygen atoms in total. The van der Waals surface area contributed by atoms with E-state index in [-0.39, 0.29) is 9.92 Å². The fourth-order valence-electron chi connectivity index (χ4n) is 2.86. The average Bonchev–Trinajstić information content (AvgIpc) is 2.58. The Hall–Kier alpha value is -1.67. The largest absolute Gasteiger partial charge is 0.399 e. The number of sulfonamides is 1. The van der Waals surface area contributed by atoms with Crippen LogP contribution >= 0.6 is 11.6 Å². The van der Waals surface area contributed by atoms with Gasteiger partial charge in [-0.3, -0.25) is 4.90 Å². The second-order valence-electron chi connectivity index (χ2n) is 6.00. The molecule has 0 unspecified atom stereocenters. The Labute approximate surface area is 151 Å². The molecular formula is C17H19ClFN3O2S. The van der Waals surface area contributed by atoms with Crippen molar-refractivity contribution < 1.29 is 12.8 Å². The molecule has 1 aliphatic rings. The van der Waals surface area contributed by atoms with Crippen molar-refractivity contribution in [3.8, 4) is 0 Å². The maximum Gasteiger partial charge on any atom is 0.243 e. The molecule has 1 saturated heterocycles.